The molecule has 7 aromatic rings. The molecule has 2 heterocycles. The van der Waals surface area contributed by atoms with E-state index in [-0.39, 0.29) is 28.7 Å². The molecule has 0 spiro atoms. The number of aromatic amines is 1. The molecule has 61 heavy (non-hydrogen) atoms. The number of H-pyrrole nitrogens is 1. The molecule has 7 N–H and O–H groups in total. The normalized spacial score (nSPS) is 11.5. The molecule has 0 saturated carbocycles. The molecule has 0 unspecified atom stereocenters. The molecule has 0 radical (unpaired) electrons. The number of hydrogen-bond acceptors (Lipinski definition) is 9. The van der Waals surface area contributed by atoms with Gasteiger partial charge in [0.15, 0.2) is 0 Å². The van der Waals surface area contributed by atoms with Gasteiger partial charge in [0.05, 0.1) is 29.4 Å². The van der Waals surface area contributed by atoms with Crippen LogP contribution in [-0.4, -0.2) is 47.1 Å². The van der Waals surface area contributed by atoms with Gasteiger partial charge in [-0.05, 0) is 122 Å². The fraction of sp³-hybridized carbons (Fsp3) is 0.184. The van der Waals surface area contributed by atoms with Gasteiger partial charge in [-0.2, -0.15) is 0 Å². The minimum absolute atomic E-state index is 0.0702. The van der Waals surface area contributed by atoms with Crippen LogP contribution in [-0.2, 0) is 0 Å². The number of carbonyl (C=O) groups is 2. The first-order chi connectivity index (χ1) is 29.6. The van der Waals surface area contributed by atoms with E-state index < -0.39 is 5.91 Å². The van der Waals surface area contributed by atoms with Gasteiger partial charge in [0.2, 0.25) is 5.56 Å². The van der Waals surface area contributed by atoms with Crippen LogP contribution in [0.25, 0.3) is 21.8 Å². The Labute approximate surface area is 358 Å². The molecule has 0 aliphatic carbocycles. The summed E-state index contributed by atoms with van der Waals surface area (Å²) in [5.41, 5.74) is 12.4. The Morgan fingerprint density at radius 1 is 0.918 bits per heavy atom. The Kier molecular flexibility index (Phi) is 13.3. The lowest BCUT2D eigenvalue weighted by atomic mass is 9.96. The third kappa shape index (κ3) is 10.4. The summed E-state index contributed by atoms with van der Waals surface area (Å²) in [6.45, 7) is 5.73. The number of phenols is 1. The third-order valence-electron chi connectivity index (χ3n) is 10.2. The smallest absolute Gasteiger partial charge is 0.255 e. The minimum Gasteiger partial charge on any atom is -0.506 e. The summed E-state index contributed by atoms with van der Waals surface area (Å²) in [4.78, 5) is 46.7. The summed E-state index contributed by atoms with van der Waals surface area (Å²) in [7, 11) is 1.60. The maximum absolute atomic E-state index is 13.4. The minimum atomic E-state index is -0.598. The van der Waals surface area contributed by atoms with Crippen LogP contribution < -0.4 is 32.0 Å². The highest BCUT2D eigenvalue weighted by Gasteiger charge is 2.17. The van der Waals surface area contributed by atoms with Crippen LogP contribution in [0.5, 0.6) is 11.5 Å². The molecule has 0 bridgehead atoms. The van der Waals surface area contributed by atoms with Crippen molar-refractivity contribution in [3.63, 3.8) is 0 Å². The summed E-state index contributed by atoms with van der Waals surface area (Å²) >= 11 is 1.50. The summed E-state index contributed by atoms with van der Waals surface area (Å²) in [6.07, 6.45) is 4.21. The second kappa shape index (κ2) is 19.3. The number of amides is 2. The lowest BCUT2D eigenvalue weighted by molar-refractivity contribution is 0.0998. The zero-order valence-electron chi connectivity index (χ0n) is 34.1. The van der Waals surface area contributed by atoms with Crippen molar-refractivity contribution < 1.29 is 19.4 Å². The van der Waals surface area contributed by atoms with Crippen LogP contribution in [0, 0.1) is 18.8 Å². The predicted molar refractivity (Wildman–Crippen MR) is 244 cm³/mol. The molecule has 0 aliphatic rings. The maximum atomic E-state index is 13.4. The van der Waals surface area contributed by atoms with Crippen LogP contribution in [0.3, 0.4) is 0 Å². The molecular weight excluding hydrogens is 785 g/mol. The Bertz CT molecular complexity index is 2870. The first-order valence-electron chi connectivity index (χ1n) is 19.9. The van der Waals surface area contributed by atoms with Crippen molar-refractivity contribution >= 4 is 62.4 Å². The van der Waals surface area contributed by atoms with Crippen molar-refractivity contribution in [2.45, 2.75) is 48.8 Å². The van der Waals surface area contributed by atoms with E-state index in [1.54, 1.807) is 25.3 Å². The Morgan fingerprint density at radius 3 is 2.54 bits per heavy atom. The molecule has 7 rings (SSSR count). The Balaban J connectivity index is 0.914. The van der Waals surface area contributed by atoms with Gasteiger partial charge in [0.25, 0.3) is 11.8 Å². The first kappa shape index (κ1) is 42.1. The average Bonchev–Trinajstić information content (AvgIpc) is 3.25. The van der Waals surface area contributed by atoms with Gasteiger partial charge in [-0.1, -0.05) is 48.7 Å². The number of ether oxygens (including phenoxy) is 1. The van der Waals surface area contributed by atoms with Gasteiger partial charge in [-0.15, -0.1) is 0 Å². The lowest BCUT2D eigenvalue weighted by Gasteiger charge is -2.16. The monoisotopic (exact) mass is 830 g/mol. The van der Waals surface area contributed by atoms with Crippen molar-refractivity contribution in [2.24, 2.45) is 5.73 Å². The standard InChI is InChI=1S/C49H46N6O5S/c1-30-24-38(27-41-45(30)52-29-42(48(50)58)46(41)53-35-12-9-13-36(26-35)60-3)61-37-14-8-11-33(25-37)49(59)54-34-17-15-32(16-18-34)10-6-4-5-7-23-51-28-31(2)39-19-21-43(56)47-40(39)20-22-44(57)55-47/h8-9,11-22,24-27,29,31,51,56H,4-5,7,23,28H2,1-3H3,(H2,50,58)(H,52,53)(H,54,59)(H,55,57)/t31-/m0/s1. The SMILES string of the molecule is COc1cccc(Nc2c(C(N)=O)cnc3c(C)cc(Sc4cccc(C(=O)Nc5ccc(C#CCCCCNC[C@H](C)c6ccc(O)c7[nH]c(=O)ccc67)cc5)c4)cc23)c1. The van der Waals surface area contributed by atoms with E-state index in [4.69, 9.17) is 10.5 Å². The Hall–Kier alpha value is -7.07. The molecule has 12 heteroatoms. The molecule has 11 nitrogen and oxygen atoms in total. The van der Waals surface area contributed by atoms with Gasteiger partial charge < -0.3 is 36.5 Å². The molecule has 0 aliphatic heterocycles. The molecule has 0 saturated heterocycles. The third-order valence-corrected chi connectivity index (χ3v) is 11.2. The predicted octanol–water partition coefficient (Wildman–Crippen LogP) is 9.26. The molecule has 308 valence electrons. The molecular formula is C49H46N6O5S. The first-order valence-corrected chi connectivity index (χ1v) is 20.8. The van der Waals surface area contributed by atoms with Gasteiger partial charge >= 0.3 is 0 Å². The number of phenolic OH excluding ortho intramolecular Hbond substituents is 1. The number of methoxy groups -OCH3 is 1. The van der Waals surface area contributed by atoms with Gasteiger partial charge in [0, 0.05) is 74.4 Å². The fourth-order valence-electron chi connectivity index (χ4n) is 7.09. The zero-order chi connectivity index (χ0) is 42.9. The summed E-state index contributed by atoms with van der Waals surface area (Å²) in [6, 6.07) is 33.2. The molecule has 2 amide bonds. The highest BCUT2D eigenvalue weighted by Crippen LogP contribution is 2.37. The number of rotatable bonds is 15. The van der Waals surface area contributed by atoms with Crippen LogP contribution in [0.4, 0.5) is 17.1 Å². The largest absolute Gasteiger partial charge is 0.506 e. The summed E-state index contributed by atoms with van der Waals surface area (Å²) in [5.74, 6) is 6.58. The van der Waals surface area contributed by atoms with Crippen LogP contribution in [0.15, 0.2) is 130 Å². The number of unbranched alkanes of at least 4 members (excludes halogenated alkanes) is 2. The maximum Gasteiger partial charge on any atom is 0.255 e. The molecule has 1 atom stereocenters. The second-order valence-corrected chi connectivity index (χ2v) is 15.9. The second-order valence-electron chi connectivity index (χ2n) is 14.7. The van der Waals surface area contributed by atoms with E-state index >= 15 is 0 Å². The van der Waals surface area contributed by atoms with Crippen LogP contribution >= 0.6 is 11.8 Å². The van der Waals surface area contributed by atoms with Gasteiger partial charge in [-0.25, -0.2) is 0 Å². The number of aromatic hydroxyl groups is 1. The van der Waals surface area contributed by atoms with Gasteiger partial charge in [0.1, 0.15) is 11.5 Å². The fourth-order valence-corrected chi connectivity index (χ4v) is 8.11. The van der Waals surface area contributed by atoms with E-state index in [0.717, 1.165) is 80.8 Å². The van der Waals surface area contributed by atoms with Crippen molar-refractivity contribution in [2.75, 3.05) is 30.8 Å². The number of aromatic nitrogens is 2. The number of anilines is 3. The van der Waals surface area contributed by atoms with Crippen molar-refractivity contribution in [3.05, 3.63) is 154 Å². The number of fused-ring (bicyclic) bond motifs is 2. The summed E-state index contributed by atoms with van der Waals surface area (Å²) in [5, 5.41) is 21.6. The van der Waals surface area contributed by atoms with E-state index in [1.807, 2.05) is 91.9 Å². The van der Waals surface area contributed by atoms with E-state index in [2.05, 4.69) is 44.7 Å². The van der Waals surface area contributed by atoms with Crippen LogP contribution in [0.1, 0.15) is 69.5 Å². The van der Waals surface area contributed by atoms with Crippen LogP contribution in [0.2, 0.25) is 0 Å². The summed E-state index contributed by atoms with van der Waals surface area (Å²) < 4.78 is 5.39. The van der Waals surface area contributed by atoms with E-state index in [1.165, 1.54) is 24.0 Å². The number of hydrogen-bond donors (Lipinski definition) is 6. The molecule has 0 fully saturated rings. The van der Waals surface area contributed by atoms with Crippen molar-refractivity contribution in [3.8, 4) is 23.3 Å². The molecule has 5 aromatic carbocycles. The van der Waals surface area contributed by atoms with E-state index in [9.17, 15) is 19.5 Å². The van der Waals surface area contributed by atoms with Crippen molar-refractivity contribution in [1.29, 1.82) is 0 Å². The van der Waals surface area contributed by atoms with Gasteiger partial charge in [-0.3, -0.25) is 19.4 Å². The average molecular weight is 831 g/mol. The number of nitrogens with two attached hydrogens (primary N) is 1. The topological polar surface area (TPSA) is 171 Å². The number of primary amides is 1. The molecule has 2 aromatic heterocycles. The number of aryl methyl sites for hydroxylation is 1. The zero-order valence-corrected chi connectivity index (χ0v) is 34.9. The van der Waals surface area contributed by atoms with Crippen molar-refractivity contribution in [1.82, 2.24) is 15.3 Å². The van der Waals surface area contributed by atoms with E-state index in [0.29, 0.717) is 28.2 Å². The number of pyridine rings is 2. The number of benzene rings is 5. The Morgan fingerprint density at radius 2 is 1.74 bits per heavy atom. The highest BCUT2D eigenvalue weighted by molar-refractivity contribution is 7.99. The lowest BCUT2D eigenvalue weighted by Crippen LogP contribution is -2.21. The quantitative estimate of drug-likeness (QED) is 0.0435. The highest BCUT2D eigenvalue weighted by atomic mass is 32.2. The number of nitrogens with one attached hydrogen (secondary N) is 4. The number of nitrogens with zero attached hydrogens (tertiary/aromatic N) is 1. The number of carbonyl (C=O) groups excluding carboxylic acids is 2.